The van der Waals surface area contributed by atoms with Crippen LogP contribution >= 0.6 is 0 Å². The topological polar surface area (TPSA) is 46.2 Å². The molecule has 0 atom stereocenters. The third-order valence-electron chi connectivity index (χ3n) is 2.25. The van der Waals surface area contributed by atoms with Crippen molar-refractivity contribution in [2.45, 2.75) is 13.3 Å². The van der Waals surface area contributed by atoms with Crippen LogP contribution in [0.25, 0.3) is 0 Å². The zero-order valence-electron chi connectivity index (χ0n) is 7.26. The molecule has 0 saturated heterocycles. The predicted molar refractivity (Wildman–Crippen MR) is 47.4 cm³/mol. The van der Waals surface area contributed by atoms with E-state index in [0.717, 1.165) is 11.1 Å². The summed E-state index contributed by atoms with van der Waals surface area (Å²) in [5, 5.41) is 2.28. The van der Waals surface area contributed by atoms with Gasteiger partial charge in [0.25, 0.3) is 5.91 Å². The predicted octanol–water partition coefficient (Wildman–Crippen LogP) is 0.808. The van der Waals surface area contributed by atoms with E-state index < -0.39 is 0 Å². The number of aryl methyl sites for hydroxylation is 1. The highest BCUT2D eigenvalue weighted by molar-refractivity contribution is 6.09. The van der Waals surface area contributed by atoms with Gasteiger partial charge in [0.2, 0.25) is 5.91 Å². The second-order valence-electron chi connectivity index (χ2n) is 3.16. The van der Waals surface area contributed by atoms with Crippen LogP contribution in [0.5, 0.6) is 0 Å². The Morgan fingerprint density at radius 3 is 2.85 bits per heavy atom. The molecule has 0 unspecified atom stereocenters. The molecule has 2 amide bonds. The van der Waals surface area contributed by atoms with Gasteiger partial charge in [-0.25, -0.2) is 0 Å². The Hall–Kier alpha value is -1.64. The fourth-order valence-corrected chi connectivity index (χ4v) is 1.55. The lowest BCUT2D eigenvalue weighted by atomic mass is 9.95. The molecule has 3 nitrogen and oxygen atoms in total. The Morgan fingerprint density at radius 2 is 2.08 bits per heavy atom. The molecule has 1 aromatic rings. The number of rotatable bonds is 0. The molecule has 0 radical (unpaired) electrons. The standard InChI is InChI=1S/C10H9NO2/c1-6-3-2-4-7-8(6)5-9(12)11-10(7)13/h2-4H,5H2,1H3,(H,11,12,13). The summed E-state index contributed by atoms with van der Waals surface area (Å²) in [6.45, 7) is 1.91. The molecule has 1 aromatic carbocycles. The van der Waals surface area contributed by atoms with Gasteiger partial charge in [-0.1, -0.05) is 12.1 Å². The summed E-state index contributed by atoms with van der Waals surface area (Å²) < 4.78 is 0. The summed E-state index contributed by atoms with van der Waals surface area (Å²) >= 11 is 0. The van der Waals surface area contributed by atoms with Crippen LogP contribution in [-0.2, 0) is 11.2 Å². The van der Waals surface area contributed by atoms with Crippen LogP contribution in [0.3, 0.4) is 0 Å². The van der Waals surface area contributed by atoms with Crippen molar-refractivity contribution in [3.8, 4) is 0 Å². The van der Waals surface area contributed by atoms with Crippen LogP contribution in [0.4, 0.5) is 0 Å². The number of nitrogens with one attached hydrogen (secondary N) is 1. The molecule has 0 spiro atoms. The Kier molecular flexibility index (Phi) is 1.65. The van der Waals surface area contributed by atoms with Gasteiger partial charge in [-0.3, -0.25) is 14.9 Å². The summed E-state index contributed by atoms with van der Waals surface area (Å²) in [5.74, 6) is -0.498. The normalized spacial score (nSPS) is 15.2. The Morgan fingerprint density at radius 1 is 1.31 bits per heavy atom. The van der Waals surface area contributed by atoms with E-state index in [0.29, 0.717) is 12.0 Å². The number of hydrogen-bond acceptors (Lipinski definition) is 2. The summed E-state index contributed by atoms with van der Waals surface area (Å²) in [6, 6.07) is 5.47. The van der Waals surface area contributed by atoms with E-state index in [-0.39, 0.29) is 11.8 Å². The second-order valence-corrected chi connectivity index (χ2v) is 3.16. The fraction of sp³-hybridized carbons (Fsp3) is 0.200. The van der Waals surface area contributed by atoms with Crippen molar-refractivity contribution in [1.82, 2.24) is 5.32 Å². The van der Waals surface area contributed by atoms with Gasteiger partial charge in [0.05, 0.1) is 6.42 Å². The lowest BCUT2D eigenvalue weighted by molar-refractivity contribution is -0.119. The van der Waals surface area contributed by atoms with Crippen LogP contribution in [-0.4, -0.2) is 11.8 Å². The highest BCUT2D eigenvalue weighted by atomic mass is 16.2. The van der Waals surface area contributed by atoms with E-state index in [1.54, 1.807) is 6.07 Å². The van der Waals surface area contributed by atoms with E-state index in [9.17, 15) is 9.59 Å². The first-order valence-electron chi connectivity index (χ1n) is 4.11. The molecule has 0 fully saturated rings. The first kappa shape index (κ1) is 7.98. The van der Waals surface area contributed by atoms with Crippen molar-refractivity contribution in [2.24, 2.45) is 0 Å². The molecule has 0 aromatic heterocycles. The quantitative estimate of drug-likeness (QED) is 0.593. The third-order valence-corrected chi connectivity index (χ3v) is 2.25. The summed E-state index contributed by atoms with van der Waals surface area (Å²) in [7, 11) is 0. The zero-order valence-corrected chi connectivity index (χ0v) is 7.26. The minimum atomic E-state index is -0.282. The van der Waals surface area contributed by atoms with E-state index in [4.69, 9.17) is 0 Å². The SMILES string of the molecule is Cc1cccc2c1CC(=O)NC2=O. The van der Waals surface area contributed by atoms with Crippen molar-refractivity contribution < 1.29 is 9.59 Å². The van der Waals surface area contributed by atoms with Gasteiger partial charge in [0.1, 0.15) is 0 Å². The molecule has 1 aliphatic rings. The first-order chi connectivity index (χ1) is 6.18. The number of carbonyl (C=O) groups is 2. The summed E-state index contributed by atoms with van der Waals surface area (Å²) in [5.41, 5.74) is 2.48. The molecular weight excluding hydrogens is 166 g/mol. The third kappa shape index (κ3) is 1.22. The number of hydrogen-bond donors (Lipinski definition) is 1. The monoisotopic (exact) mass is 175 g/mol. The first-order valence-corrected chi connectivity index (χ1v) is 4.11. The molecule has 2 rings (SSSR count). The van der Waals surface area contributed by atoms with Crippen LogP contribution < -0.4 is 5.32 Å². The number of amides is 2. The number of fused-ring (bicyclic) bond motifs is 1. The highest BCUT2D eigenvalue weighted by Gasteiger charge is 2.22. The smallest absolute Gasteiger partial charge is 0.258 e. The largest absolute Gasteiger partial charge is 0.292 e. The lowest BCUT2D eigenvalue weighted by Crippen LogP contribution is -2.37. The van der Waals surface area contributed by atoms with E-state index in [2.05, 4.69) is 5.32 Å². The Labute approximate surface area is 75.8 Å². The van der Waals surface area contributed by atoms with Crippen LogP contribution in [0.2, 0.25) is 0 Å². The summed E-state index contributed by atoms with van der Waals surface area (Å²) in [4.78, 5) is 22.4. The van der Waals surface area contributed by atoms with Crippen molar-refractivity contribution in [3.63, 3.8) is 0 Å². The van der Waals surface area contributed by atoms with Crippen molar-refractivity contribution >= 4 is 11.8 Å². The molecule has 13 heavy (non-hydrogen) atoms. The van der Waals surface area contributed by atoms with Crippen LogP contribution in [0, 0.1) is 6.92 Å². The molecule has 1 aliphatic heterocycles. The maximum absolute atomic E-state index is 11.3. The van der Waals surface area contributed by atoms with Gasteiger partial charge < -0.3 is 0 Å². The van der Waals surface area contributed by atoms with Crippen molar-refractivity contribution in [1.29, 1.82) is 0 Å². The highest BCUT2D eigenvalue weighted by Crippen LogP contribution is 2.17. The van der Waals surface area contributed by atoms with E-state index in [1.165, 1.54) is 0 Å². The van der Waals surface area contributed by atoms with Crippen LogP contribution in [0.15, 0.2) is 18.2 Å². The minimum absolute atomic E-state index is 0.216. The number of imide groups is 1. The van der Waals surface area contributed by atoms with Gasteiger partial charge >= 0.3 is 0 Å². The molecule has 0 aliphatic carbocycles. The lowest BCUT2D eigenvalue weighted by Gasteiger charge is -2.16. The maximum atomic E-state index is 11.3. The molecule has 3 heteroatoms. The van der Waals surface area contributed by atoms with Gasteiger partial charge in [-0.05, 0) is 24.1 Å². The van der Waals surface area contributed by atoms with Gasteiger partial charge in [0.15, 0.2) is 0 Å². The van der Waals surface area contributed by atoms with Crippen molar-refractivity contribution in [2.75, 3.05) is 0 Å². The molecule has 66 valence electrons. The zero-order chi connectivity index (χ0) is 9.42. The molecule has 1 heterocycles. The average Bonchev–Trinajstić information content (AvgIpc) is 2.07. The van der Waals surface area contributed by atoms with E-state index >= 15 is 0 Å². The van der Waals surface area contributed by atoms with Gasteiger partial charge in [-0.15, -0.1) is 0 Å². The molecule has 0 bridgehead atoms. The second kappa shape index (κ2) is 2.69. The Bertz CT molecular complexity index is 396. The van der Waals surface area contributed by atoms with Gasteiger partial charge in [0, 0.05) is 5.56 Å². The molecule has 1 N–H and O–H groups in total. The van der Waals surface area contributed by atoms with Crippen LogP contribution in [0.1, 0.15) is 21.5 Å². The van der Waals surface area contributed by atoms with Crippen molar-refractivity contribution in [3.05, 3.63) is 34.9 Å². The average molecular weight is 175 g/mol. The fourth-order valence-electron chi connectivity index (χ4n) is 1.55. The number of carbonyl (C=O) groups excluding carboxylic acids is 2. The number of benzene rings is 1. The minimum Gasteiger partial charge on any atom is -0.292 e. The molecule has 0 saturated carbocycles. The summed E-state index contributed by atoms with van der Waals surface area (Å²) in [6.07, 6.45) is 0.313. The van der Waals surface area contributed by atoms with E-state index in [1.807, 2.05) is 19.1 Å². The molecular formula is C10H9NO2. The maximum Gasteiger partial charge on any atom is 0.258 e. The Balaban J connectivity index is 2.61. The van der Waals surface area contributed by atoms with Gasteiger partial charge in [-0.2, -0.15) is 0 Å².